The second-order valence-electron chi connectivity index (χ2n) is 4.56. The highest BCUT2D eigenvalue weighted by Gasteiger charge is 2.16. The van der Waals surface area contributed by atoms with Crippen molar-refractivity contribution in [2.45, 2.75) is 6.92 Å². The van der Waals surface area contributed by atoms with Gasteiger partial charge >= 0.3 is 0 Å². The molecule has 0 aliphatic rings. The van der Waals surface area contributed by atoms with Crippen molar-refractivity contribution in [3.63, 3.8) is 0 Å². The van der Waals surface area contributed by atoms with Gasteiger partial charge in [-0.1, -0.05) is 29.8 Å². The molecule has 0 bridgehead atoms. The van der Waals surface area contributed by atoms with Gasteiger partial charge in [0.2, 0.25) is 5.78 Å². The lowest BCUT2D eigenvalue weighted by Gasteiger charge is -2.00. The van der Waals surface area contributed by atoms with Crippen molar-refractivity contribution in [3.05, 3.63) is 68.8 Å². The van der Waals surface area contributed by atoms with Crippen molar-refractivity contribution in [2.75, 3.05) is 0 Å². The van der Waals surface area contributed by atoms with Crippen molar-refractivity contribution in [2.24, 2.45) is 0 Å². The van der Waals surface area contributed by atoms with Crippen LogP contribution < -0.4 is 0 Å². The van der Waals surface area contributed by atoms with Gasteiger partial charge in [-0.2, -0.15) is 0 Å². The second kappa shape index (κ2) is 5.08. The third kappa shape index (κ3) is 2.28. The summed E-state index contributed by atoms with van der Waals surface area (Å²) in [6.07, 6.45) is 0. The Bertz CT molecular complexity index is 820. The van der Waals surface area contributed by atoms with Gasteiger partial charge in [0.15, 0.2) is 5.76 Å². The van der Waals surface area contributed by atoms with Crippen LogP contribution in [0.25, 0.3) is 11.0 Å². The minimum absolute atomic E-state index is 0.171. The predicted molar refractivity (Wildman–Crippen MR) is 83.5 cm³/mol. The molecule has 1 heterocycles. The summed E-state index contributed by atoms with van der Waals surface area (Å²) in [4.78, 5) is 12.4. The second-order valence-corrected chi connectivity index (χ2v) is 5.82. The van der Waals surface area contributed by atoms with Crippen LogP contribution in [0.1, 0.15) is 21.7 Å². The average molecular weight is 350 g/mol. The van der Waals surface area contributed by atoms with Crippen LogP contribution in [0.2, 0.25) is 5.02 Å². The molecular formula is C16H10BrClO2. The zero-order valence-corrected chi connectivity index (χ0v) is 13.0. The molecule has 3 aromatic rings. The van der Waals surface area contributed by atoms with Gasteiger partial charge in [0.1, 0.15) is 5.58 Å². The van der Waals surface area contributed by atoms with Crippen molar-refractivity contribution in [3.8, 4) is 0 Å². The highest BCUT2D eigenvalue weighted by atomic mass is 79.9. The van der Waals surface area contributed by atoms with Gasteiger partial charge in [-0.05, 0) is 52.7 Å². The maximum absolute atomic E-state index is 12.4. The Balaban J connectivity index is 2.08. The summed E-state index contributed by atoms with van der Waals surface area (Å²) < 4.78 is 6.44. The first-order valence-corrected chi connectivity index (χ1v) is 7.22. The van der Waals surface area contributed by atoms with Crippen molar-refractivity contribution < 1.29 is 9.21 Å². The summed E-state index contributed by atoms with van der Waals surface area (Å²) in [6, 6.07) is 12.7. The average Bonchev–Trinajstić information content (AvgIpc) is 2.86. The summed E-state index contributed by atoms with van der Waals surface area (Å²) in [5.74, 6) is 0.155. The van der Waals surface area contributed by atoms with Crippen LogP contribution in [0.15, 0.2) is 51.4 Å². The first kappa shape index (κ1) is 13.4. The fourth-order valence-corrected chi connectivity index (χ4v) is 2.53. The Morgan fingerprint density at radius 2 is 2.00 bits per heavy atom. The standard InChI is InChI=1S/C16H10BrClO2/c1-9-3-2-4-11-8-14(20-16(9)11)15(19)10-5-6-12(17)13(18)7-10/h2-8H,1H3. The first-order chi connectivity index (χ1) is 9.56. The molecule has 0 spiro atoms. The van der Waals surface area contributed by atoms with E-state index in [2.05, 4.69) is 15.9 Å². The van der Waals surface area contributed by atoms with E-state index in [0.29, 0.717) is 16.3 Å². The Morgan fingerprint density at radius 1 is 1.20 bits per heavy atom. The summed E-state index contributed by atoms with van der Waals surface area (Å²) >= 11 is 9.33. The predicted octanol–water partition coefficient (Wildman–Crippen LogP) is 5.39. The molecule has 0 amide bonds. The molecule has 0 radical (unpaired) electrons. The van der Waals surface area contributed by atoms with E-state index in [1.54, 1.807) is 24.3 Å². The summed E-state index contributed by atoms with van der Waals surface area (Å²) in [6.45, 7) is 1.95. The molecule has 100 valence electrons. The Labute approximate surface area is 129 Å². The quantitative estimate of drug-likeness (QED) is 0.581. The highest BCUT2D eigenvalue weighted by Crippen LogP contribution is 2.27. The van der Waals surface area contributed by atoms with E-state index in [1.807, 2.05) is 25.1 Å². The van der Waals surface area contributed by atoms with Crippen LogP contribution in [0, 0.1) is 6.92 Å². The van der Waals surface area contributed by atoms with Gasteiger partial charge < -0.3 is 4.42 Å². The van der Waals surface area contributed by atoms with Crippen LogP contribution >= 0.6 is 27.5 Å². The van der Waals surface area contributed by atoms with Gasteiger partial charge in [-0.3, -0.25) is 4.79 Å². The maximum Gasteiger partial charge on any atom is 0.228 e. The Kier molecular flexibility index (Phi) is 3.40. The fourth-order valence-electron chi connectivity index (χ4n) is 2.10. The van der Waals surface area contributed by atoms with Crippen molar-refractivity contribution >= 4 is 44.3 Å². The Morgan fingerprint density at radius 3 is 2.70 bits per heavy atom. The third-order valence-electron chi connectivity index (χ3n) is 3.15. The van der Waals surface area contributed by atoms with Crippen molar-refractivity contribution in [1.82, 2.24) is 0 Å². The molecule has 20 heavy (non-hydrogen) atoms. The van der Waals surface area contributed by atoms with Crippen LogP contribution in [0.5, 0.6) is 0 Å². The topological polar surface area (TPSA) is 30.2 Å². The lowest BCUT2D eigenvalue weighted by molar-refractivity contribution is 0.101. The number of hydrogen-bond acceptors (Lipinski definition) is 2. The number of carbonyl (C=O) groups excluding carboxylic acids is 1. The van der Waals surface area contributed by atoms with E-state index in [4.69, 9.17) is 16.0 Å². The molecule has 0 aliphatic heterocycles. The zero-order chi connectivity index (χ0) is 14.3. The SMILES string of the molecule is Cc1cccc2cc(C(=O)c3ccc(Br)c(Cl)c3)oc12. The minimum Gasteiger partial charge on any atom is -0.452 e. The number of halogens is 2. The number of rotatable bonds is 2. The molecule has 0 unspecified atom stereocenters. The molecule has 2 nitrogen and oxygen atoms in total. The smallest absolute Gasteiger partial charge is 0.228 e. The number of carbonyl (C=O) groups is 1. The lowest BCUT2D eigenvalue weighted by Crippen LogP contribution is -1.99. The molecule has 4 heteroatoms. The van der Waals surface area contributed by atoms with E-state index in [9.17, 15) is 4.79 Å². The number of hydrogen-bond donors (Lipinski definition) is 0. The lowest BCUT2D eigenvalue weighted by atomic mass is 10.1. The molecule has 0 fully saturated rings. The number of furan rings is 1. The summed E-state index contributed by atoms with van der Waals surface area (Å²) in [7, 11) is 0. The molecule has 0 aliphatic carbocycles. The number of fused-ring (bicyclic) bond motifs is 1. The van der Waals surface area contributed by atoms with E-state index >= 15 is 0 Å². The van der Waals surface area contributed by atoms with Crippen LogP contribution in [-0.2, 0) is 0 Å². The van der Waals surface area contributed by atoms with E-state index in [0.717, 1.165) is 21.0 Å². The van der Waals surface area contributed by atoms with E-state index in [1.165, 1.54) is 0 Å². The van der Waals surface area contributed by atoms with Crippen LogP contribution in [0.3, 0.4) is 0 Å². The van der Waals surface area contributed by atoms with Gasteiger partial charge in [0.25, 0.3) is 0 Å². The molecular weight excluding hydrogens is 340 g/mol. The third-order valence-corrected chi connectivity index (χ3v) is 4.38. The molecule has 1 aromatic heterocycles. The molecule has 0 saturated carbocycles. The molecule has 2 aromatic carbocycles. The van der Waals surface area contributed by atoms with Crippen LogP contribution in [0.4, 0.5) is 0 Å². The minimum atomic E-state index is -0.171. The number of aryl methyl sites for hydroxylation is 1. The maximum atomic E-state index is 12.4. The monoisotopic (exact) mass is 348 g/mol. The van der Waals surface area contributed by atoms with Crippen molar-refractivity contribution in [1.29, 1.82) is 0 Å². The number of benzene rings is 2. The summed E-state index contributed by atoms with van der Waals surface area (Å²) in [5, 5.41) is 1.43. The van der Waals surface area contributed by atoms with E-state index < -0.39 is 0 Å². The Hall–Kier alpha value is -1.58. The molecule has 3 rings (SSSR count). The molecule has 0 saturated heterocycles. The largest absolute Gasteiger partial charge is 0.452 e. The van der Waals surface area contributed by atoms with Gasteiger partial charge in [0.05, 0.1) is 5.02 Å². The van der Waals surface area contributed by atoms with Gasteiger partial charge in [0, 0.05) is 15.4 Å². The zero-order valence-electron chi connectivity index (χ0n) is 10.6. The van der Waals surface area contributed by atoms with Gasteiger partial charge in [-0.15, -0.1) is 0 Å². The summed E-state index contributed by atoms with van der Waals surface area (Å²) in [5.41, 5.74) is 2.27. The number of ketones is 1. The molecule has 0 atom stereocenters. The fraction of sp³-hybridized carbons (Fsp3) is 0.0625. The van der Waals surface area contributed by atoms with Crippen LogP contribution in [-0.4, -0.2) is 5.78 Å². The first-order valence-electron chi connectivity index (χ1n) is 6.05. The normalized spacial score (nSPS) is 10.9. The highest BCUT2D eigenvalue weighted by molar-refractivity contribution is 9.10. The van der Waals surface area contributed by atoms with Gasteiger partial charge in [-0.25, -0.2) is 0 Å². The van der Waals surface area contributed by atoms with E-state index in [-0.39, 0.29) is 5.78 Å². The number of para-hydroxylation sites is 1. The molecule has 0 N–H and O–H groups in total.